The van der Waals surface area contributed by atoms with Crippen molar-refractivity contribution in [3.05, 3.63) is 78.1 Å². The Balaban J connectivity index is 1.20. The third kappa shape index (κ3) is 5.01. The molecule has 1 aliphatic heterocycles. The number of pyridine rings is 1. The highest BCUT2D eigenvalue weighted by molar-refractivity contribution is 7.99. The second-order valence-corrected chi connectivity index (χ2v) is 11.7. The highest BCUT2D eigenvalue weighted by atomic mass is 32.2. The van der Waals surface area contributed by atoms with Gasteiger partial charge in [0.2, 0.25) is 0 Å². The van der Waals surface area contributed by atoms with Crippen LogP contribution in [0.25, 0.3) is 33.7 Å². The number of aromatic nitrogens is 5. The molecule has 1 aliphatic carbocycles. The second-order valence-electron chi connectivity index (χ2n) is 10.7. The zero-order valence-electron chi connectivity index (χ0n) is 22.2. The molecule has 0 radical (unpaired) electrons. The van der Waals surface area contributed by atoms with E-state index in [0.717, 1.165) is 40.7 Å². The lowest BCUT2D eigenvalue weighted by Gasteiger charge is -2.28. The van der Waals surface area contributed by atoms with Crippen LogP contribution in [0.3, 0.4) is 0 Å². The van der Waals surface area contributed by atoms with Crippen LogP contribution in [-0.4, -0.2) is 41.9 Å². The molecule has 3 aromatic heterocycles. The van der Waals surface area contributed by atoms with Gasteiger partial charge < -0.3 is 10.4 Å². The van der Waals surface area contributed by atoms with Gasteiger partial charge in [-0.15, -0.1) is 0 Å². The van der Waals surface area contributed by atoms with E-state index in [-0.39, 0.29) is 11.6 Å². The summed E-state index contributed by atoms with van der Waals surface area (Å²) in [7, 11) is 0. The first-order valence-corrected chi connectivity index (χ1v) is 14.9. The van der Waals surface area contributed by atoms with Crippen LogP contribution in [0.4, 0.5) is 14.6 Å². The van der Waals surface area contributed by atoms with E-state index in [2.05, 4.69) is 14.9 Å². The molecule has 208 valence electrons. The van der Waals surface area contributed by atoms with Gasteiger partial charge in [0.25, 0.3) is 0 Å². The minimum Gasteiger partial charge on any atom is -0.507 e. The number of nitrogens with zero attached hydrogens (tertiary/aromatic N) is 5. The Morgan fingerprint density at radius 1 is 1.00 bits per heavy atom. The summed E-state index contributed by atoms with van der Waals surface area (Å²) >= 11 is 1.74. The fraction of sp³-hybridized carbons (Fsp3) is 0.290. The largest absolute Gasteiger partial charge is 0.507 e. The van der Waals surface area contributed by atoms with Crippen molar-refractivity contribution < 1.29 is 13.9 Å². The van der Waals surface area contributed by atoms with E-state index in [0.29, 0.717) is 52.9 Å². The highest BCUT2D eigenvalue weighted by Gasteiger charge is 2.32. The maximum atomic E-state index is 14.4. The van der Waals surface area contributed by atoms with E-state index in [1.165, 1.54) is 31.4 Å². The summed E-state index contributed by atoms with van der Waals surface area (Å²) in [6, 6.07) is 13.3. The molecule has 1 saturated carbocycles. The number of thioether (sulfide) groups is 1. The van der Waals surface area contributed by atoms with E-state index < -0.39 is 5.82 Å². The van der Waals surface area contributed by atoms with Gasteiger partial charge in [-0.3, -0.25) is 9.55 Å². The monoisotopic (exact) mass is 570 g/mol. The van der Waals surface area contributed by atoms with E-state index >= 15 is 0 Å². The summed E-state index contributed by atoms with van der Waals surface area (Å²) in [6.45, 7) is 0.509. The van der Waals surface area contributed by atoms with Crippen molar-refractivity contribution >= 4 is 28.7 Å². The van der Waals surface area contributed by atoms with E-state index in [4.69, 9.17) is 15.0 Å². The fourth-order valence-corrected chi connectivity index (χ4v) is 6.82. The summed E-state index contributed by atoms with van der Waals surface area (Å²) in [6.07, 6.45) is 8.30. The molecule has 2 aliphatic rings. The molecular formula is C31H28F2N6OS. The zero-order valence-corrected chi connectivity index (χ0v) is 23.0. The Hall–Kier alpha value is -4.05. The summed E-state index contributed by atoms with van der Waals surface area (Å²) in [4.78, 5) is 18.6. The maximum Gasteiger partial charge on any atom is 0.170 e. The second kappa shape index (κ2) is 10.7. The predicted molar refractivity (Wildman–Crippen MR) is 156 cm³/mol. The van der Waals surface area contributed by atoms with Crippen LogP contribution in [0.2, 0.25) is 0 Å². The molecule has 0 spiro atoms. The Labute approximate surface area is 240 Å². The molecule has 0 saturated heterocycles. The van der Waals surface area contributed by atoms with Crippen molar-refractivity contribution in [1.82, 2.24) is 24.5 Å². The zero-order chi connectivity index (χ0) is 27.9. The molecule has 5 aromatic rings. The van der Waals surface area contributed by atoms with E-state index in [1.54, 1.807) is 42.2 Å². The molecule has 1 fully saturated rings. The van der Waals surface area contributed by atoms with Crippen LogP contribution in [0.5, 0.6) is 5.75 Å². The van der Waals surface area contributed by atoms with Crippen molar-refractivity contribution in [1.29, 1.82) is 0 Å². The van der Waals surface area contributed by atoms with Crippen LogP contribution < -0.4 is 5.32 Å². The van der Waals surface area contributed by atoms with Crippen molar-refractivity contribution in [2.24, 2.45) is 5.92 Å². The van der Waals surface area contributed by atoms with Gasteiger partial charge in [-0.2, -0.15) is 0 Å². The van der Waals surface area contributed by atoms with Crippen LogP contribution >= 0.6 is 11.8 Å². The van der Waals surface area contributed by atoms with Crippen LogP contribution in [0, 0.1) is 17.6 Å². The Morgan fingerprint density at radius 3 is 2.68 bits per heavy atom. The number of nitrogens with one attached hydrogen (secondary N) is 1. The average molecular weight is 571 g/mol. The molecule has 1 atom stereocenters. The van der Waals surface area contributed by atoms with Crippen molar-refractivity contribution in [3.8, 4) is 28.3 Å². The maximum absolute atomic E-state index is 14.4. The molecule has 10 heteroatoms. The standard InChI is InChI=1S/C31H28F2N6OS/c32-21-14-20(15-34-16-21)28-37-29(27-30(38-28)39-22(12-18-4-3-5-18)17-41-31(39)36-27)35-11-10-19-8-9-26(40)24(13-19)23-6-1-2-7-25(23)33/h1-2,6-9,13-16,18,22,40H,3-5,10-12,17H2,(H,35,37,38)/t22-/m1/s1. The number of benzene rings is 2. The van der Waals surface area contributed by atoms with Gasteiger partial charge in [0.15, 0.2) is 28.0 Å². The number of imidazole rings is 1. The van der Waals surface area contributed by atoms with Gasteiger partial charge in [0, 0.05) is 41.2 Å². The molecule has 0 amide bonds. The topological polar surface area (TPSA) is 88.8 Å². The minimum atomic E-state index is -0.448. The number of phenols is 1. The Morgan fingerprint density at radius 2 is 1.88 bits per heavy atom. The normalized spacial score (nSPS) is 16.6. The SMILES string of the molecule is Oc1ccc(CCNc2nc(-c3cncc(F)c3)nc3c2nc2n3[C@H](CC3CCC3)CS2)cc1-c1ccccc1F. The summed E-state index contributed by atoms with van der Waals surface area (Å²) in [5.41, 5.74) is 3.67. The summed E-state index contributed by atoms with van der Waals surface area (Å²) < 4.78 is 30.7. The number of fused-ring (bicyclic) bond motifs is 3. The lowest BCUT2D eigenvalue weighted by atomic mass is 9.81. The minimum absolute atomic E-state index is 0.0270. The number of anilines is 1. The van der Waals surface area contributed by atoms with Gasteiger partial charge >= 0.3 is 0 Å². The van der Waals surface area contributed by atoms with Crippen molar-refractivity contribution in [3.63, 3.8) is 0 Å². The fourth-order valence-electron chi connectivity index (χ4n) is 5.66. The van der Waals surface area contributed by atoms with E-state index in [1.807, 2.05) is 12.1 Å². The third-order valence-electron chi connectivity index (χ3n) is 8.00. The number of rotatable bonds is 8. The van der Waals surface area contributed by atoms with Crippen LogP contribution in [-0.2, 0) is 6.42 Å². The quantitative estimate of drug-likeness (QED) is 0.207. The van der Waals surface area contributed by atoms with Gasteiger partial charge in [-0.25, -0.2) is 23.7 Å². The Bertz CT molecular complexity index is 1750. The first kappa shape index (κ1) is 25.9. The first-order chi connectivity index (χ1) is 20.0. The third-order valence-corrected chi connectivity index (χ3v) is 9.10. The van der Waals surface area contributed by atoms with Crippen LogP contribution in [0.1, 0.15) is 37.3 Å². The number of hydrogen-bond acceptors (Lipinski definition) is 7. The van der Waals surface area contributed by atoms with Crippen molar-refractivity contribution in [2.45, 2.75) is 43.3 Å². The molecule has 2 N–H and O–H groups in total. The van der Waals surface area contributed by atoms with Gasteiger partial charge in [-0.1, -0.05) is 55.3 Å². The first-order valence-electron chi connectivity index (χ1n) is 13.9. The van der Waals surface area contributed by atoms with Crippen molar-refractivity contribution in [2.75, 3.05) is 17.6 Å². The molecule has 4 heterocycles. The smallest absolute Gasteiger partial charge is 0.170 e. The van der Waals surface area contributed by atoms with Crippen LogP contribution in [0.15, 0.2) is 66.1 Å². The number of halogens is 2. The molecule has 7 rings (SSSR count). The van der Waals surface area contributed by atoms with Gasteiger partial charge in [-0.05, 0) is 48.6 Å². The molecule has 0 unspecified atom stereocenters. The molecule has 41 heavy (non-hydrogen) atoms. The number of hydrogen-bond donors (Lipinski definition) is 2. The molecule has 7 nitrogen and oxygen atoms in total. The summed E-state index contributed by atoms with van der Waals surface area (Å²) in [5.74, 6) is 1.88. The Kier molecular flexibility index (Phi) is 6.78. The predicted octanol–water partition coefficient (Wildman–Crippen LogP) is 7.03. The highest BCUT2D eigenvalue weighted by Crippen LogP contribution is 2.44. The van der Waals surface area contributed by atoms with Gasteiger partial charge in [0.05, 0.1) is 6.20 Å². The lowest BCUT2D eigenvalue weighted by molar-refractivity contribution is 0.259. The molecular weight excluding hydrogens is 542 g/mol. The average Bonchev–Trinajstić information content (AvgIpc) is 3.52. The van der Waals surface area contributed by atoms with E-state index in [9.17, 15) is 13.9 Å². The lowest BCUT2D eigenvalue weighted by Crippen LogP contribution is -2.18. The number of phenolic OH excluding ortho intramolecular Hbond substituents is 1. The summed E-state index contributed by atoms with van der Waals surface area (Å²) in [5, 5.41) is 14.8. The molecule has 2 aromatic carbocycles. The number of aromatic hydroxyl groups is 1. The van der Waals surface area contributed by atoms with Gasteiger partial charge in [0.1, 0.15) is 17.4 Å². The molecule has 0 bridgehead atoms.